The van der Waals surface area contributed by atoms with Crippen molar-refractivity contribution in [2.75, 3.05) is 13.1 Å². The van der Waals surface area contributed by atoms with E-state index >= 15 is 0 Å². The number of ether oxygens (including phenoxy) is 1. The smallest absolute Gasteiger partial charge is 0.274 e. The molecule has 2 heterocycles. The van der Waals surface area contributed by atoms with Crippen molar-refractivity contribution in [1.82, 2.24) is 14.9 Å². The van der Waals surface area contributed by atoms with E-state index in [0.29, 0.717) is 11.4 Å². The van der Waals surface area contributed by atoms with Crippen LogP contribution in [0.1, 0.15) is 23.3 Å². The fraction of sp³-hybridized carbons (Fsp3) is 0.333. The van der Waals surface area contributed by atoms with Gasteiger partial charge in [0.25, 0.3) is 5.91 Å². The molecule has 1 saturated heterocycles. The Hall–Kier alpha value is -2.46. The molecule has 2 aromatic rings. The minimum atomic E-state index is -0.0539. The molecular formula is C18H15BrN4O2. The summed E-state index contributed by atoms with van der Waals surface area (Å²) in [6.45, 7) is 8.56. The van der Waals surface area contributed by atoms with Gasteiger partial charge in [-0.15, -0.1) is 0 Å². The van der Waals surface area contributed by atoms with Crippen molar-refractivity contribution in [2.45, 2.75) is 18.9 Å². The first kappa shape index (κ1) is 16.0. The van der Waals surface area contributed by atoms with E-state index in [1.807, 2.05) is 17.0 Å². The molecule has 6 nitrogen and oxygen atoms in total. The van der Waals surface area contributed by atoms with Crippen molar-refractivity contribution in [2.24, 2.45) is 5.41 Å². The number of carbonyl (C=O) groups is 1. The Balaban J connectivity index is 1.30. The third-order valence-corrected chi connectivity index (χ3v) is 5.42. The van der Waals surface area contributed by atoms with Gasteiger partial charge >= 0.3 is 0 Å². The Morgan fingerprint density at radius 2 is 2.16 bits per heavy atom. The average molecular weight is 399 g/mol. The Bertz CT molecular complexity index is 851. The topological polar surface area (TPSA) is 59.7 Å². The molecule has 1 aromatic carbocycles. The largest absolute Gasteiger partial charge is 0.490 e. The van der Waals surface area contributed by atoms with E-state index < -0.39 is 0 Å². The molecule has 0 unspecified atom stereocenters. The summed E-state index contributed by atoms with van der Waals surface area (Å²) in [7, 11) is 0. The van der Waals surface area contributed by atoms with Crippen molar-refractivity contribution in [3.63, 3.8) is 0 Å². The SMILES string of the molecule is [C-]#[N+]c1ccc(OC2CC3(C2)CN(C(=O)c2cnccn2)C3)cc1Br. The van der Waals surface area contributed by atoms with Crippen LogP contribution in [0, 0.1) is 12.0 Å². The first-order valence-electron chi connectivity index (χ1n) is 7.98. The molecule has 1 aliphatic carbocycles. The van der Waals surface area contributed by atoms with Gasteiger partial charge in [-0.1, -0.05) is 22.0 Å². The number of carbonyl (C=O) groups excluding carboxylic acids is 1. The van der Waals surface area contributed by atoms with Crippen LogP contribution in [0.5, 0.6) is 5.75 Å². The lowest BCUT2D eigenvalue weighted by atomic mass is 9.61. The third-order valence-electron chi connectivity index (χ3n) is 4.79. The summed E-state index contributed by atoms with van der Waals surface area (Å²) < 4.78 is 6.73. The van der Waals surface area contributed by atoms with Crippen LogP contribution in [0.3, 0.4) is 0 Å². The maximum absolute atomic E-state index is 12.3. The summed E-state index contributed by atoms with van der Waals surface area (Å²) in [5.74, 6) is 0.715. The molecule has 1 spiro atoms. The molecule has 25 heavy (non-hydrogen) atoms. The normalized spacial score (nSPS) is 18.2. The number of benzene rings is 1. The maximum atomic E-state index is 12.3. The number of rotatable bonds is 3. The van der Waals surface area contributed by atoms with E-state index in [4.69, 9.17) is 11.3 Å². The molecule has 0 bridgehead atoms. The van der Waals surface area contributed by atoms with Crippen LogP contribution in [0.4, 0.5) is 5.69 Å². The highest BCUT2D eigenvalue weighted by Gasteiger charge is 2.54. The molecular weight excluding hydrogens is 384 g/mol. The molecule has 0 radical (unpaired) electrons. The van der Waals surface area contributed by atoms with Gasteiger partial charge in [-0.25, -0.2) is 9.83 Å². The van der Waals surface area contributed by atoms with E-state index in [1.54, 1.807) is 12.3 Å². The van der Waals surface area contributed by atoms with Gasteiger partial charge in [-0.05, 0) is 25.0 Å². The third kappa shape index (κ3) is 2.98. The van der Waals surface area contributed by atoms with E-state index in [0.717, 1.165) is 36.2 Å². The fourth-order valence-electron chi connectivity index (χ4n) is 3.57. The molecule has 0 atom stereocenters. The molecule has 2 fully saturated rings. The quantitative estimate of drug-likeness (QED) is 0.742. The van der Waals surface area contributed by atoms with Gasteiger partial charge in [0.15, 0.2) is 0 Å². The Morgan fingerprint density at radius 1 is 1.36 bits per heavy atom. The molecule has 1 aliphatic heterocycles. The molecule has 2 aliphatic rings. The Labute approximate surface area is 153 Å². The van der Waals surface area contributed by atoms with E-state index in [2.05, 4.69) is 30.7 Å². The zero-order valence-electron chi connectivity index (χ0n) is 13.4. The highest BCUT2D eigenvalue weighted by Crippen LogP contribution is 2.50. The molecule has 126 valence electrons. The van der Waals surface area contributed by atoms with Crippen molar-refractivity contribution in [3.05, 3.63) is 58.4 Å². The first-order valence-corrected chi connectivity index (χ1v) is 8.77. The Kier molecular flexibility index (Phi) is 3.92. The standard InChI is InChI=1S/C18H15BrN4O2/c1-20-15-3-2-12(6-14(15)19)25-13-7-18(8-13)10-23(11-18)17(24)16-9-21-4-5-22-16/h2-6,9,13H,7-8,10-11H2. The maximum Gasteiger partial charge on any atom is 0.274 e. The number of amides is 1. The zero-order valence-corrected chi connectivity index (χ0v) is 14.9. The van der Waals surface area contributed by atoms with Gasteiger partial charge in [0.1, 0.15) is 17.5 Å². The number of hydrogen-bond donors (Lipinski definition) is 0. The van der Waals surface area contributed by atoms with Crippen LogP contribution in [0.25, 0.3) is 4.85 Å². The first-order chi connectivity index (χ1) is 12.1. The fourth-order valence-corrected chi connectivity index (χ4v) is 4.02. The summed E-state index contributed by atoms with van der Waals surface area (Å²) in [4.78, 5) is 25.5. The lowest BCUT2D eigenvalue weighted by molar-refractivity contribution is -0.103. The summed E-state index contributed by atoms with van der Waals surface area (Å²) in [5, 5.41) is 0. The predicted octanol–water partition coefficient (Wildman–Crippen LogP) is 3.47. The monoisotopic (exact) mass is 398 g/mol. The van der Waals surface area contributed by atoms with E-state index in [9.17, 15) is 4.79 Å². The minimum absolute atomic E-state index is 0.0539. The van der Waals surface area contributed by atoms with E-state index in [1.165, 1.54) is 12.4 Å². The van der Waals surface area contributed by atoms with Crippen LogP contribution >= 0.6 is 15.9 Å². The lowest BCUT2D eigenvalue weighted by Crippen LogP contribution is -2.65. The summed E-state index contributed by atoms with van der Waals surface area (Å²) >= 11 is 3.38. The van der Waals surface area contributed by atoms with Crippen molar-refractivity contribution in [1.29, 1.82) is 0 Å². The van der Waals surface area contributed by atoms with Gasteiger partial charge in [-0.3, -0.25) is 9.78 Å². The zero-order chi connectivity index (χ0) is 17.4. The highest BCUT2D eigenvalue weighted by atomic mass is 79.9. The molecule has 1 saturated carbocycles. The van der Waals surface area contributed by atoms with Crippen LogP contribution in [0.15, 0.2) is 41.3 Å². The van der Waals surface area contributed by atoms with Crippen molar-refractivity contribution >= 4 is 27.5 Å². The molecule has 1 aromatic heterocycles. The van der Waals surface area contributed by atoms with Gasteiger partial charge in [0.2, 0.25) is 5.69 Å². The second kappa shape index (κ2) is 6.12. The number of hydrogen-bond acceptors (Lipinski definition) is 4. The Morgan fingerprint density at radius 3 is 2.80 bits per heavy atom. The van der Waals surface area contributed by atoms with Gasteiger partial charge in [-0.2, -0.15) is 0 Å². The average Bonchev–Trinajstić information content (AvgIpc) is 2.56. The number of aromatic nitrogens is 2. The van der Waals surface area contributed by atoms with Crippen LogP contribution in [-0.2, 0) is 0 Å². The molecule has 4 rings (SSSR count). The summed E-state index contributed by atoms with van der Waals surface area (Å²) in [5.41, 5.74) is 1.17. The van der Waals surface area contributed by atoms with Crippen LogP contribution in [0.2, 0.25) is 0 Å². The number of likely N-dealkylation sites (tertiary alicyclic amines) is 1. The van der Waals surface area contributed by atoms with Crippen molar-refractivity contribution in [3.8, 4) is 5.75 Å². The van der Waals surface area contributed by atoms with Gasteiger partial charge in [0.05, 0.1) is 12.8 Å². The van der Waals surface area contributed by atoms with Crippen LogP contribution < -0.4 is 4.74 Å². The van der Waals surface area contributed by atoms with Crippen molar-refractivity contribution < 1.29 is 9.53 Å². The molecule has 7 heteroatoms. The van der Waals surface area contributed by atoms with Gasteiger partial charge < -0.3 is 9.64 Å². The second-order valence-electron chi connectivity index (χ2n) is 6.62. The minimum Gasteiger partial charge on any atom is -0.490 e. The second-order valence-corrected chi connectivity index (χ2v) is 7.48. The van der Waals surface area contributed by atoms with E-state index in [-0.39, 0.29) is 17.4 Å². The van der Waals surface area contributed by atoms with Gasteiger partial charge in [0, 0.05) is 35.4 Å². The number of nitrogens with zero attached hydrogens (tertiary/aromatic N) is 4. The molecule has 1 amide bonds. The number of halogens is 1. The van der Waals surface area contributed by atoms with Crippen LogP contribution in [-0.4, -0.2) is 40.0 Å². The predicted molar refractivity (Wildman–Crippen MR) is 94.4 cm³/mol. The molecule has 0 N–H and O–H groups in total. The summed E-state index contributed by atoms with van der Waals surface area (Å²) in [6, 6.07) is 5.42. The highest BCUT2D eigenvalue weighted by molar-refractivity contribution is 9.10. The summed E-state index contributed by atoms with van der Waals surface area (Å²) in [6.07, 6.45) is 6.65. The lowest BCUT2D eigenvalue weighted by Gasteiger charge is -2.58.